The van der Waals surface area contributed by atoms with Gasteiger partial charge in [0, 0.05) is 26.0 Å². The Bertz CT molecular complexity index is 601. The minimum atomic E-state index is -0.751. The van der Waals surface area contributed by atoms with E-state index >= 15 is 0 Å². The van der Waals surface area contributed by atoms with Gasteiger partial charge in [-0.3, -0.25) is 4.98 Å². The van der Waals surface area contributed by atoms with Crippen LogP contribution in [0.25, 0.3) is 5.73 Å². The number of hydrogen-bond donors (Lipinski definition) is 0. The van der Waals surface area contributed by atoms with Crippen molar-refractivity contribution in [1.82, 2.24) is 4.98 Å². The quantitative estimate of drug-likeness (QED) is 0.519. The van der Waals surface area contributed by atoms with Crippen LogP contribution in [0, 0.1) is 34.6 Å². The zero-order chi connectivity index (χ0) is 19.0. The number of hydrogen-bond acceptors (Lipinski definition) is 3. The van der Waals surface area contributed by atoms with Gasteiger partial charge in [0.2, 0.25) is 0 Å². The van der Waals surface area contributed by atoms with Crippen molar-refractivity contribution in [2.45, 2.75) is 34.6 Å². The monoisotopic (exact) mass is 527 g/mol. The minimum absolute atomic E-state index is 0.182. The molecule has 2 rings (SSSR count). The van der Waals surface area contributed by atoms with E-state index in [1.807, 2.05) is 19.0 Å². The summed E-state index contributed by atoms with van der Waals surface area (Å²) < 4.78 is 0. The fourth-order valence-electron chi connectivity index (χ4n) is 2.23. The Morgan fingerprint density at radius 3 is 1.92 bits per heavy atom. The number of carbonyl (C=O) groups excluding carboxylic acids is 1. The van der Waals surface area contributed by atoms with E-state index in [2.05, 4.69) is 49.2 Å². The molecule has 0 fully saturated rings. The van der Waals surface area contributed by atoms with Crippen LogP contribution in [0.4, 0.5) is 5.69 Å². The van der Waals surface area contributed by atoms with Gasteiger partial charge in [-0.2, -0.15) is 27.8 Å². The van der Waals surface area contributed by atoms with Gasteiger partial charge in [-0.05, 0) is 12.1 Å². The number of halogens is 1. The Labute approximate surface area is 159 Å². The van der Waals surface area contributed by atoms with Gasteiger partial charge in [0.1, 0.15) is 0 Å². The van der Waals surface area contributed by atoms with E-state index in [1.54, 1.807) is 12.1 Å². The van der Waals surface area contributed by atoms with Gasteiger partial charge in [-0.1, -0.05) is 34.6 Å². The zero-order valence-corrected chi connectivity index (χ0v) is 18.4. The fourth-order valence-corrected chi connectivity index (χ4v) is 2.23. The molecule has 6 heteroatoms. The second-order valence-corrected chi connectivity index (χ2v) is 5.75. The molecule has 0 saturated heterocycles. The third-order valence-electron chi connectivity index (χ3n) is 4.31. The maximum atomic E-state index is 10.6. The Hall–Kier alpha value is -1.29. The number of amides is 1. The SMILES string of the molecule is CN(C)c1ccnc(C([NH-])=O)c1.Cc1c(C)c(C)[c-](C)c1C.[Cl][Ir+2]. The van der Waals surface area contributed by atoms with E-state index in [0.29, 0.717) is 0 Å². The number of aromatic nitrogens is 1. The average molecular weight is 527 g/mol. The molecule has 134 valence electrons. The van der Waals surface area contributed by atoms with Crippen molar-refractivity contribution in [2.24, 2.45) is 0 Å². The van der Waals surface area contributed by atoms with Crippen LogP contribution in [-0.4, -0.2) is 25.0 Å². The topological polar surface area (TPSA) is 57.0 Å². The van der Waals surface area contributed by atoms with Gasteiger partial charge >= 0.3 is 27.5 Å². The van der Waals surface area contributed by atoms with E-state index in [1.165, 1.54) is 51.9 Å². The Balaban J connectivity index is 0.000000405. The van der Waals surface area contributed by atoms with Gasteiger partial charge in [0.25, 0.3) is 0 Å². The van der Waals surface area contributed by atoms with Crippen LogP contribution < -0.4 is 4.90 Å². The average Bonchev–Trinajstić information content (AvgIpc) is 2.75. The number of pyridine rings is 1. The van der Waals surface area contributed by atoms with Crippen molar-refractivity contribution in [1.29, 1.82) is 0 Å². The third-order valence-corrected chi connectivity index (χ3v) is 4.31. The van der Waals surface area contributed by atoms with Crippen molar-refractivity contribution in [2.75, 3.05) is 19.0 Å². The molecule has 2 aromatic rings. The molecule has 24 heavy (non-hydrogen) atoms. The molecule has 1 aromatic carbocycles. The van der Waals surface area contributed by atoms with Crippen molar-refractivity contribution in [3.63, 3.8) is 0 Å². The summed E-state index contributed by atoms with van der Waals surface area (Å²) in [5.74, 6) is -0.751. The molecular weight excluding hydrogens is 502 g/mol. The summed E-state index contributed by atoms with van der Waals surface area (Å²) >= 11 is 1.47. The molecule has 0 saturated carbocycles. The summed E-state index contributed by atoms with van der Waals surface area (Å²) in [6, 6.07) is 3.38. The molecule has 0 aliphatic rings. The van der Waals surface area contributed by atoms with E-state index in [4.69, 9.17) is 5.73 Å². The first-order valence-electron chi connectivity index (χ1n) is 7.38. The van der Waals surface area contributed by atoms with Crippen LogP contribution in [0.3, 0.4) is 0 Å². The second kappa shape index (κ2) is 10.5. The Kier molecular flexibility index (Phi) is 9.98. The van der Waals surface area contributed by atoms with Crippen LogP contribution >= 0.6 is 9.58 Å². The molecule has 0 bridgehead atoms. The molecule has 0 atom stereocenters. The van der Waals surface area contributed by atoms with Gasteiger partial charge in [0.05, 0.1) is 11.6 Å². The van der Waals surface area contributed by atoms with Crippen molar-refractivity contribution >= 4 is 21.2 Å². The first kappa shape index (κ1) is 22.7. The molecule has 0 aliphatic carbocycles. The summed E-state index contributed by atoms with van der Waals surface area (Å²) in [4.78, 5) is 16.2. The number of rotatable bonds is 2. The Morgan fingerprint density at radius 2 is 1.62 bits per heavy atom. The van der Waals surface area contributed by atoms with Crippen molar-refractivity contribution in [3.8, 4) is 0 Å². The van der Waals surface area contributed by atoms with Gasteiger partial charge in [-0.25, -0.2) is 0 Å². The molecular formula is C18H25ClIrN3O. The molecule has 0 unspecified atom stereocenters. The summed E-state index contributed by atoms with van der Waals surface area (Å²) in [6.07, 6.45) is 1.52. The predicted molar refractivity (Wildman–Crippen MR) is 98.8 cm³/mol. The van der Waals surface area contributed by atoms with Crippen LogP contribution in [-0.2, 0) is 17.9 Å². The zero-order valence-electron chi connectivity index (χ0n) is 15.2. The second-order valence-electron chi connectivity index (χ2n) is 5.75. The summed E-state index contributed by atoms with van der Waals surface area (Å²) in [7, 11) is 8.38. The van der Waals surface area contributed by atoms with E-state index in [-0.39, 0.29) is 5.69 Å². The number of nitrogens with one attached hydrogen (secondary N) is 1. The normalized spacial score (nSPS) is 9.38. The molecule has 4 nitrogen and oxygen atoms in total. The van der Waals surface area contributed by atoms with E-state index in [9.17, 15) is 4.79 Å². The number of anilines is 1. The molecule has 0 radical (unpaired) electrons. The number of carbonyl (C=O) groups is 1. The first-order valence-corrected chi connectivity index (χ1v) is 10.3. The fraction of sp³-hybridized carbons (Fsp3) is 0.389. The standard InChI is InChI=1S/C10H15.C8H11N3O.ClH.Ir/c1-6-7(2)9(4)10(5)8(6)3;1-11(2)6-3-4-10-7(5-6)8(9)12;;/h1-5H3;3-5H,1-2H3,(H2,9,12);1H;/q-1;;;+3/p-2. The van der Waals surface area contributed by atoms with Gasteiger partial charge in [-0.15, -0.1) is 0 Å². The number of nitrogens with zero attached hydrogens (tertiary/aromatic N) is 2. The van der Waals surface area contributed by atoms with Crippen LogP contribution in [0.5, 0.6) is 0 Å². The van der Waals surface area contributed by atoms with Crippen LogP contribution in [0.2, 0.25) is 0 Å². The first-order chi connectivity index (χ1) is 11.2. The molecule has 0 spiro atoms. The third kappa shape index (κ3) is 5.97. The van der Waals surface area contributed by atoms with Gasteiger partial charge in [0.15, 0.2) is 0 Å². The van der Waals surface area contributed by atoms with Crippen LogP contribution in [0.1, 0.15) is 38.3 Å². The van der Waals surface area contributed by atoms with E-state index in [0.717, 1.165) is 5.69 Å². The van der Waals surface area contributed by atoms with Crippen molar-refractivity contribution < 1.29 is 22.7 Å². The maximum absolute atomic E-state index is 10.6. The molecule has 0 aliphatic heterocycles. The molecule has 1 heterocycles. The molecule has 1 aromatic heterocycles. The summed E-state index contributed by atoms with van der Waals surface area (Å²) in [6.45, 7) is 11.0. The summed E-state index contributed by atoms with van der Waals surface area (Å²) in [5.41, 5.74) is 15.2. The van der Waals surface area contributed by atoms with Crippen molar-refractivity contribution in [3.05, 3.63) is 57.6 Å². The summed E-state index contributed by atoms with van der Waals surface area (Å²) in [5, 5.41) is 0. The Morgan fingerprint density at radius 1 is 1.17 bits per heavy atom. The molecule has 1 N–H and O–H groups in total. The predicted octanol–water partition coefficient (Wildman–Crippen LogP) is 4.97. The van der Waals surface area contributed by atoms with Gasteiger partial charge < -0.3 is 15.4 Å². The van der Waals surface area contributed by atoms with Crippen LogP contribution in [0.15, 0.2) is 18.3 Å². The molecule has 1 amide bonds. The van der Waals surface area contributed by atoms with E-state index < -0.39 is 5.91 Å².